The Balaban J connectivity index is 1.23. The second-order valence-corrected chi connectivity index (χ2v) is 9.26. The average Bonchev–Trinajstić information content (AvgIpc) is 3.16. The minimum absolute atomic E-state index is 0.215. The molecule has 2 aliphatic heterocycles. The molecule has 2 N–H and O–H groups in total. The van der Waals surface area contributed by atoms with Gasteiger partial charge in [0.25, 0.3) is 11.2 Å². The highest BCUT2D eigenvalue weighted by atomic mass is 19.4. The standard InChI is InChI=1S/C25H20F6N2O3/c26-24(27,28)23(35,25(29,30)31)19-8-5-17(6-9-19)16-3-1-15(2-4-16)12-33-13-22(14-33)11-18-7-10-20(34)32-21(18)36-22/h1-10,35H,11-14H2,(H,32,34). The maximum Gasteiger partial charge on any atom is 0.430 e. The summed E-state index contributed by atoms with van der Waals surface area (Å²) < 4.78 is 84.4. The molecule has 1 spiro atoms. The molecule has 11 heteroatoms. The van der Waals surface area contributed by atoms with Crippen LogP contribution in [0.25, 0.3) is 11.1 Å². The molecule has 2 aliphatic rings. The molecule has 1 fully saturated rings. The van der Waals surface area contributed by atoms with E-state index >= 15 is 0 Å². The van der Waals surface area contributed by atoms with Crippen LogP contribution in [0.3, 0.4) is 0 Å². The Morgan fingerprint density at radius 3 is 1.97 bits per heavy atom. The lowest BCUT2D eigenvalue weighted by Gasteiger charge is -2.46. The lowest BCUT2D eigenvalue weighted by atomic mass is 9.88. The number of halogens is 6. The summed E-state index contributed by atoms with van der Waals surface area (Å²) in [5, 5.41) is 9.53. The van der Waals surface area contributed by atoms with Crippen molar-refractivity contribution in [1.82, 2.24) is 9.88 Å². The minimum Gasteiger partial charge on any atom is -0.469 e. The van der Waals surface area contributed by atoms with Crippen LogP contribution in [0.5, 0.6) is 5.88 Å². The molecule has 1 saturated heterocycles. The molecule has 5 rings (SSSR count). The quantitative estimate of drug-likeness (QED) is 0.506. The molecule has 2 aromatic carbocycles. The van der Waals surface area contributed by atoms with Crippen molar-refractivity contribution in [3.63, 3.8) is 0 Å². The molecular formula is C25H20F6N2O3. The first-order chi connectivity index (χ1) is 16.8. The van der Waals surface area contributed by atoms with Crippen LogP contribution in [-0.4, -0.2) is 46.0 Å². The number of aromatic nitrogens is 1. The number of likely N-dealkylation sites (tertiary alicyclic amines) is 1. The van der Waals surface area contributed by atoms with Crippen LogP contribution in [0, 0.1) is 0 Å². The van der Waals surface area contributed by atoms with E-state index in [9.17, 15) is 36.2 Å². The molecule has 1 aromatic heterocycles. The number of hydrogen-bond donors (Lipinski definition) is 2. The van der Waals surface area contributed by atoms with Crippen molar-refractivity contribution in [2.24, 2.45) is 0 Å². The number of nitrogens with one attached hydrogen (secondary N) is 1. The Morgan fingerprint density at radius 2 is 1.42 bits per heavy atom. The second kappa shape index (κ2) is 8.10. The second-order valence-electron chi connectivity index (χ2n) is 9.26. The van der Waals surface area contributed by atoms with Gasteiger partial charge in [0.1, 0.15) is 5.60 Å². The van der Waals surface area contributed by atoms with Gasteiger partial charge in [-0.25, -0.2) is 0 Å². The predicted molar refractivity (Wildman–Crippen MR) is 117 cm³/mol. The van der Waals surface area contributed by atoms with Gasteiger partial charge in [-0.05, 0) is 22.8 Å². The molecule has 0 atom stereocenters. The number of rotatable bonds is 4. The van der Waals surface area contributed by atoms with Gasteiger partial charge in [-0.15, -0.1) is 0 Å². The zero-order valence-electron chi connectivity index (χ0n) is 18.6. The van der Waals surface area contributed by atoms with Crippen molar-refractivity contribution in [2.75, 3.05) is 13.1 Å². The fourth-order valence-corrected chi connectivity index (χ4v) is 4.83. The highest BCUT2D eigenvalue weighted by Gasteiger charge is 2.71. The lowest BCUT2D eigenvalue weighted by molar-refractivity contribution is -0.376. The maximum absolute atomic E-state index is 13.1. The Hall–Kier alpha value is -3.31. The minimum atomic E-state index is -5.92. The van der Waals surface area contributed by atoms with Crippen molar-refractivity contribution >= 4 is 0 Å². The highest BCUT2D eigenvalue weighted by molar-refractivity contribution is 5.64. The molecule has 3 aromatic rings. The molecule has 0 saturated carbocycles. The van der Waals surface area contributed by atoms with E-state index in [4.69, 9.17) is 4.74 Å². The third-order valence-electron chi connectivity index (χ3n) is 6.64. The first-order valence-electron chi connectivity index (χ1n) is 11.0. The van der Waals surface area contributed by atoms with Gasteiger partial charge < -0.3 is 9.84 Å². The van der Waals surface area contributed by atoms with E-state index in [2.05, 4.69) is 9.88 Å². The van der Waals surface area contributed by atoms with Crippen LogP contribution in [-0.2, 0) is 18.6 Å². The predicted octanol–water partition coefficient (Wildman–Crippen LogP) is 4.54. The third-order valence-corrected chi connectivity index (χ3v) is 6.64. The van der Waals surface area contributed by atoms with Crippen LogP contribution < -0.4 is 10.3 Å². The molecule has 0 amide bonds. The monoisotopic (exact) mass is 510 g/mol. The van der Waals surface area contributed by atoms with Gasteiger partial charge in [-0.2, -0.15) is 26.3 Å². The molecule has 0 bridgehead atoms. The molecule has 36 heavy (non-hydrogen) atoms. The summed E-state index contributed by atoms with van der Waals surface area (Å²) >= 11 is 0. The number of aliphatic hydroxyl groups is 1. The van der Waals surface area contributed by atoms with Crippen LogP contribution in [0.4, 0.5) is 26.3 Å². The van der Waals surface area contributed by atoms with Gasteiger partial charge in [-0.3, -0.25) is 14.7 Å². The van der Waals surface area contributed by atoms with Crippen LogP contribution >= 0.6 is 0 Å². The van der Waals surface area contributed by atoms with Gasteiger partial charge >= 0.3 is 12.4 Å². The largest absolute Gasteiger partial charge is 0.469 e. The van der Waals surface area contributed by atoms with E-state index in [1.807, 2.05) is 12.1 Å². The van der Waals surface area contributed by atoms with E-state index in [1.165, 1.54) is 6.07 Å². The molecule has 0 radical (unpaired) electrons. The Labute approximate surface area is 200 Å². The molecular weight excluding hydrogens is 490 g/mol. The highest BCUT2D eigenvalue weighted by Crippen LogP contribution is 2.50. The van der Waals surface area contributed by atoms with E-state index in [0.717, 1.165) is 23.3 Å². The normalized spacial score (nSPS) is 17.5. The van der Waals surface area contributed by atoms with E-state index < -0.39 is 23.5 Å². The van der Waals surface area contributed by atoms with Gasteiger partial charge in [-0.1, -0.05) is 48.5 Å². The number of pyridine rings is 1. The van der Waals surface area contributed by atoms with Gasteiger partial charge in [0.05, 0.1) is 0 Å². The summed E-state index contributed by atoms with van der Waals surface area (Å²) in [4.78, 5) is 16.3. The molecule has 0 aliphatic carbocycles. The summed E-state index contributed by atoms with van der Waals surface area (Å²) in [6.45, 7) is 1.98. The molecule has 5 nitrogen and oxygen atoms in total. The summed E-state index contributed by atoms with van der Waals surface area (Å²) in [5.41, 5.74) is -3.87. The first-order valence-corrected chi connectivity index (χ1v) is 11.0. The van der Waals surface area contributed by atoms with Crippen LogP contribution in [0.1, 0.15) is 16.7 Å². The maximum atomic E-state index is 13.1. The number of hydrogen-bond acceptors (Lipinski definition) is 4. The van der Waals surface area contributed by atoms with Crippen LogP contribution in [0.15, 0.2) is 65.5 Å². The molecule has 190 valence electrons. The zero-order valence-corrected chi connectivity index (χ0v) is 18.6. The summed E-state index contributed by atoms with van der Waals surface area (Å²) in [6.07, 6.45) is -11.1. The van der Waals surface area contributed by atoms with Gasteiger partial charge in [0.2, 0.25) is 0 Å². The number of alkyl halides is 6. The fourth-order valence-electron chi connectivity index (χ4n) is 4.83. The number of aromatic amines is 1. The summed E-state index contributed by atoms with van der Waals surface area (Å²) in [7, 11) is 0. The Morgan fingerprint density at radius 1 is 0.861 bits per heavy atom. The van der Waals surface area contributed by atoms with E-state index in [1.54, 1.807) is 18.2 Å². The first kappa shape index (κ1) is 24.4. The smallest absolute Gasteiger partial charge is 0.430 e. The van der Waals surface area contributed by atoms with E-state index in [0.29, 0.717) is 55.2 Å². The van der Waals surface area contributed by atoms with Crippen molar-refractivity contribution < 1.29 is 36.2 Å². The van der Waals surface area contributed by atoms with Crippen molar-refractivity contribution in [2.45, 2.75) is 36.5 Å². The summed E-state index contributed by atoms with van der Waals surface area (Å²) in [5.74, 6) is 0.515. The number of ether oxygens (including phenoxy) is 1. The number of H-pyrrole nitrogens is 1. The van der Waals surface area contributed by atoms with Crippen molar-refractivity contribution in [3.05, 3.63) is 87.7 Å². The zero-order chi connectivity index (χ0) is 25.9. The van der Waals surface area contributed by atoms with Crippen molar-refractivity contribution in [1.29, 1.82) is 0 Å². The van der Waals surface area contributed by atoms with Gasteiger partial charge in [0, 0.05) is 43.2 Å². The molecule has 0 unspecified atom stereocenters. The number of nitrogens with zero attached hydrogens (tertiary/aromatic N) is 1. The topological polar surface area (TPSA) is 65.6 Å². The lowest BCUT2D eigenvalue weighted by Crippen LogP contribution is -2.63. The van der Waals surface area contributed by atoms with E-state index in [-0.39, 0.29) is 11.2 Å². The average molecular weight is 510 g/mol. The third kappa shape index (κ3) is 4.05. The Kier molecular flexibility index (Phi) is 5.49. The van der Waals surface area contributed by atoms with Crippen LogP contribution in [0.2, 0.25) is 0 Å². The summed E-state index contributed by atoms with van der Waals surface area (Å²) in [6, 6.07) is 13.9. The molecule has 3 heterocycles. The SMILES string of the molecule is O=c1ccc2c([nH]1)OC1(C2)CN(Cc2ccc(-c3ccc(C(O)(C(F)(F)F)C(F)(F)F)cc3)cc2)C1. The Bertz CT molecular complexity index is 1310. The van der Waals surface area contributed by atoms with Crippen molar-refractivity contribution in [3.8, 4) is 17.0 Å². The van der Waals surface area contributed by atoms with Gasteiger partial charge in [0.15, 0.2) is 5.88 Å². The fraction of sp³-hybridized carbons (Fsp3) is 0.320. The number of fused-ring (bicyclic) bond motifs is 1. The number of benzene rings is 2.